The predicted octanol–water partition coefficient (Wildman–Crippen LogP) is 1.06. The first-order valence-corrected chi connectivity index (χ1v) is 11.6. The van der Waals surface area contributed by atoms with Crippen molar-refractivity contribution < 1.29 is 23.8 Å². The summed E-state index contributed by atoms with van der Waals surface area (Å²) in [5, 5.41) is 2.80. The molecular formula is C24H30N2O6S. The molecule has 1 aromatic carbocycles. The van der Waals surface area contributed by atoms with Gasteiger partial charge in [0.1, 0.15) is 24.4 Å². The fourth-order valence-corrected chi connectivity index (χ4v) is 4.22. The quantitative estimate of drug-likeness (QED) is 0.645. The lowest BCUT2D eigenvalue weighted by molar-refractivity contribution is -0.123. The van der Waals surface area contributed by atoms with Gasteiger partial charge in [-0.05, 0) is 30.7 Å². The Hall–Kier alpha value is -2.91. The van der Waals surface area contributed by atoms with Crippen LogP contribution in [0.15, 0.2) is 23.0 Å². The van der Waals surface area contributed by atoms with Crippen molar-refractivity contribution >= 4 is 35.2 Å². The van der Waals surface area contributed by atoms with Crippen LogP contribution in [0.2, 0.25) is 0 Å². The molecule has 0 saturated carbocycles. The van der Waals surface area contributed by atoms with Gasteiger partial charge in [0, 0.05) is 24.6 Å². The van der Waals surface area contributed by atoms with Crippen molar-refractivity contribution in [2.45, 2.75) is 40.3 Å². The normalized spacial score (nSPS) is 15.4. The third-order valence-corrected chi connectivity index (χ3v) is 5.98. The van der Waals surface area contributed by atoms with Crippen LogP contribution in [-0.4, -0.2) is 49.2 Å². The predicted molar refractivity (Wildman–Crippen MR) is 127 cm³/mol. The van der Waals surface area contributed by atoms with Crippen molar-refractivity contribution in [3.05, 3.63) is 43.3 Å². The SMILES string of the molecule is COCC(C)NC(=O)Cn1c(=O)/c(=C\c2ccc3c(c2)OCCO3)s/c1=C\C(=O)C(C)(C)C. The molecule has 0 saturated heterocycles. The number of fused-ring (bicyclic) bond motifs is 1. The molecule has 0 bridgehead atoms. The number of thiazole rings is 1. The zero-order valence-corrected chi connectivity index (χ0v) is 20.4. The molecule has 8 nitrogen and oxygen atoms in total. The number of benzene rings is 1. The molecule has 1 unspecified atom stereocenters. The lowest BCUT2D eigenvalue weighted by Gasteiger charge is -2.18. The number of methoxy groups -OCH3 is 1. The van der Waals surface area contributed by atoms with Gasteiger partial charge >= 0.3 is 0 Å². The molecule has 33 heavy (non-hydrogen) atoms. The van der Waals surface area contributed by atoms with E-state index < -0.39 is 5.41 Å². The highest BCUT2D eigenvalue weighted by atomic mass is 32.1. The summed E-state index contributed by atoms with van der Waals surface area (Å²) < 4.78 is 18.4. The molecule has 1 amide bonds. The Bertz CT molecular complexity index is 1210. The van der Waals surface area contributed by atoms with Crippen LogP contribution in [0.5, 0.6) is 11.5 Å². The third-order valence-electron chi connectivity index (χ3n) is 4.92. The van der Waals surface area contributed by atoms with Gasteiger partial charge in [0.25, 0.3) is 5.56 Å². The number of carbonyl (C=O) groups excluding carboxylic acids is 2. The van der Waals surface area contributed by atoms with E-state index in [-0.39, 0.29) is 29.8 Å². The average Bonchev–Trinajstić information content (AvgIpc) is 3.01. The number of rotatable bonds is 7. The number of amides is 1. The largest absolute Gasteiger partial charge is 0.486 e. The van der Waals surface area contributed by atoms with E-state index in [1.54, 1.807) is 25.3 Å². The van der Waals surface area contributed by atoms with Gasteiger partial charge in [0.05, 0.1) is 11.1 Å². The van der Waals surface area contributed by atoms with E-state index in [9.17, 15) is 14.4 Å². The van der Waals surface area contributed by atoms with Gasteiger partial charge in [0.2, 0.25) is 5.91 Å². The summed E-state index contributed by atoms with van der Waals surface area (Å²) in [4.78, 5) is 38.4. The second kappa shape index (κ2) is 10.4. The minimum Gasteiger partial charge on any atom is -0.486 e. The van der Waals surface area contributed by atoms with Gasteiger partial charge in [-0.15, -0.1) is 11.3 Å². The van der Waals surface area contributed by atoms with Crippen LogP contribution in [0.1, 0.15) is 33.3 Å². The number of ether oxygens (including phenoxy) is 3. The van der Waals surface area contributed by atoms with Crippen molar-refractivity contribution in [2.24, 2.45) is 5.41 Å². The molecule has 1 aromatic heterocycles. The van der Waals surface area contributed by atoms with Crippen LogP contribution < -0.4 is 29.5 Å². The number of ketones is 1. The maximum Gasteiger partial charge on any atom is 0.269 e. The number of hydrogen-bond acceptors (Lipinski definition) is 7. The number of Topliss-reactive ketones (excluding diaryl/α,β-unsaturated/α-hetero) is 1. The van der Waals surface area contributed by atoms with Crippen LogP contribution in [0.3, 0.4) is 0 Å². The Kier molecular flexibility index (Phi) is 7.76. The summed E-state index contributed by atoms with van der Waals surface area (Å²) >= 11 is 1.18. The van der Waals surface area contributed by atoms with Crippen LogP contribution in [0.4, 0.5) is 0 Å². The first-order valence-electron chi connectivity index (χ1n) is 10.7. The fraction of sp³-hybridized carbons (Fsp3) is 0.458. The summed E-state index contributed by atoms with van der Waals surface area (Å²) in [6, 6.07) is 5.23. The minimum atomic E-state index is -0.611. The lowest BCUT2D eigenvalue weighted by atomic mass is 9.91. The number of carbonyl (C=O) groups is 2. The smallest absolute Gasteiger partial charge is 0.269 e. The lowest BCUT2D eigenvalue weighted by Crippen LogP contribution is -2.42. The van der Waals surface area contributed by atoms with Crippen LogP contribution in [0.25, 0.3) is 12.2 Å². The van der Waals surface area contributed by atoms with Crippen molar-refractivity contribution in [2.75, 3.05) is 26.9 Å². The first-order chi connectivity index (χ1) is 15.6. The Morgan fingerprint density at radius 2 is 1.94 bits per heavy atom. The monoisotopic (exact) mass is 474 g/mol. The van der Waals surface area contributed by atoms with Gasteiger partial charge in [-0.2, -0.15) is 0 Å². The fourth-order valence-electron chi connectivity index (χ4n) is 3.18. The topological polar surface area (TPSA) is 95.9 Å². The van der Waals surface area contributed by atoms with Gasteiger partial charge in [-0.1, -0.05) is 26.8 Å². The molecule has 9 heteroatoms. The zero-order valence-electron chi connectivity index (χ0n) is 19.6. The molecule has 2 heterocycles. The molecule has 2 aromatic rings. The second-order valence-corrected chi connectivity index (χ2v) is 9.99. The molecule has 178 valence electrons. The van der Waals surface area contributed by atoms with E-state index in [1.165, 1.54) is 22.0 Å². The molecule has 0 fully saturated rings. The summed E-state index contributed by atoms with van der Waals surface area (Å²) in [6.45, 7) is 8.37. The second-order valence-electron chi connectivity index (χ2n) is 8.93. The third kappa shape index (κ3) is 6.33. The Balaban J connectivity index is 2.03. The van der Waals surface area contributed by atoms with Crippen molar-refractivity contribution in [3.63, 3.8) is 0 Å². The van der Waals surface area contributed by atoms with E-state index in [0.717, 1.165) is 5.56 Å². The van der Waals surface area contributed by atoms with E-state index in [2.05, 4.69) is 5.32 Å². The Labute approximate surface area is 196 Å². The van der Waals surface area contributed by atoms with E-state index in [0.29, 0.717) is 40.5 Å². The molecule has 1 aliphatic heterocycles. The Morgan fingerprint density at radius 3 is 2.61 bits per heavy atom. The molecule has 0 spiro atoms. The molecule has 1 aliphatic rings. The number of hydrogen-bond donors (Lipinski definition) is 1. The van der Waals surface area contributed by atoms with Gasteiger partial charge in [-0.3, -0.25) is 19.0 Å². The van der Waals surface area contributed by atoms with Crippen LogP contribution in [0, 0.1) is 5.41 Å². The standard InChI is InChI=1S/C24H30N2O6S/c1-15(14-30-5)25-21(28)13-26-22(12-20(27)24(2,3)4)33-19(23(26)29)11-16-6-7-17-18(10-16)32-9-8-31-17/h6-7,10-12,15H,8-9,13-14H2,1-5H3,(H,25,28)/b19-11+,22-12-. The van der Waals surface area contributed by atoms with Crippen molar-refractivity contribution in [1.82, 2.24) is 9.88 Å². The molecular weight excluding hydrogens is 444 g/mol. The highest BCUT2D eigenvalue weighted by Gasteiger charge is 2.20. The van der Waals surface area contributed by atoms with E-state index in [4.69, 9.17) is 14.2 Å². The summed E-state index contributed by atoms with van der Waals surface area (Å²) in [7, 11) is 1.55. The average molecular weight is 475 g/mol. The van der Waals surface area contributed by atoms with Gasteiger partial charge in [-0.25, -0.2) is 0 Å². The highest BCUT2D eigenvalue weighted by Crippen LogP contribution is 2.30. The summed E-state index contributed by atoms with van der Waals surface area (Å²) in [5.41, 5.74) is -0.186. The minimum absolute atomic E-state index is 0.128. The number of aromatic nitrogens is 1. The number of nitrogens with one attached hydrogen (secondary N) is 1. The molecule has 0 aliphatic carbocycles. The summed E-state index contributed by atoms with van der Waals surface area (Å²) in [6.07, 6.45) is 3.17. The maximum absolute atomic E-state index is 13.2. The van der Waals surface area contributed by atoms with Crippen molar-refractivity contribution in [1.29, 1.82) is 0 Å². The zero-order chi connectivity index (χ0) is 24.2. The number of nitrogens with zero attached hydrogens (tertiary/aromatic N) is 1. The van der Waals surface area contributed by atoms with Gasteiger partial charge < -0.3 is 19.5 Å². The van der Waals surface area contributed by atoms with Crippen LogP contribution >= 0.6 is 11.3 Å². The van der Waals surface area contributed by atoms with Crippen molar-refractivity contribution in [3.8, 4) is 11.5 Å². The molecule has 1 N–H and O–H groups in total. The molecule has 1 atom stereocenters. The molecule has 3 rings (SSSR count). The highest BCUT2D eigenvalue weighted by molar-refractivity contribution is 7.07. The van der Waals surface area contributed by atoms with E-state index in [1.807, 2.05) is 33.8 Å². The summed E-state index contributed by atoms with van der Waals surface area (Å²) in [5.74, 6) is 0.821. The maximum atomic E-state index is 13.2. The first kappa shape index (κ1) is 24.7. The van der Waals surface area contributed by atoms with Gasteiger partial charge in [0.15, 0.2) is 17.3 Å². The van der Waals surface area contributed by atoms with E-state index >= 15 is 0 Å². The van der Waals surface area contributed by atoms with Crippen LogP contribution in [-0.2, 0) is 20.9 Å². The Morgan fingerprint density at radius 1 is 1.24 bits per heavy atom. The molecule has 0 radical (unpaired) electrons.